The van der Waals surface area contributed by atoms with Crippen molar-refractivity contribution in [3.05, 3.63) is 47.0 Å². The minimum Gasteiger partial charge on any atom is -0.496 e. The van der Waals surface area contributed by atoms with Gasteiger partial charge in [-0.25, -0.2) is 18.1 Å². The Morgan fingerprint density at radius 2 is 2.03 bits per heavy atom. The predicted molar refractivity (Wildman–Crippen MR) is 129 cm³/mol. The van der Waals surface area contributed by atoms with Crippen LogP contribution in [0.15, 0.2) is 41.3 Å². The first-order chi connectivity index (χ1) is 15.0. The Balaban J connectivity index is 1.45. The molecule has 2 fully saturated rings. The molecule has 0 amide bonds. The lowest BCUT2D eigenvalue weighted by Gasteiger charge is -2.25. The summed E-state index contributed by atoms with van der Waals surface area (Å²) in [7, 11) is -2.04. The standard InChI is InChI=1S/C21H22ClN3O3S3/c1-28-17-5-3-2-4-15(17)13-8-9-25(10-13)21-23-19-18(30-21)7-6-16(22)20(19)31(26,27)24-14-11-29-12-14/h2-7,13-14,24H,8-12H2,1H3. The summed E-state index contributed by atoms with van der Waals surface area (Å²) in [4.78, 5) is 7.06. The summed E-state index contributed by atoms with van der Waals surface area (Å²) in [5, 5.41) is 1.03. The summed E-state index contributed by atoms with van der Waals surface area (Å²) in [6.07, 6.45) is 0.989. The number of anilines is 1. The van der Waals surface area contributed by atoms with E-state index in [4.69, 9.17) is 21.3 Å². The normalized spacial score (nSPS) is 19.7. The van der Waals surface area contributed by atoms with Crippen molar-refractivity contribution in [3.8, 4) is 5.75 Å². The van der Waals surface area contributed by atoms with Crippen molar-refractivity contribution in [2.75, 3.05) is 36.6 Å². The Kier molecular flexibility index (Phi) is 5.81. The van der Waals surface area contributed by atoms with Gasteiger partial charge >= 0.3 is 0 Å². The molecule has 1 unspecified atom stereocenters. The molecule has 5 rings (SSSR count). The number of benzene rings is 2. The molecule has 6 nitrogen and oxygen atoms in total. The molecule has 1 aromatic heterocycles. The van der Waals surface area contributed by atoms with Gasteiger partial charge in [0.25, 0.3) is 0 Å². The van der Waals surface area contributed by atoms with E-state index in [1.165, 1.54) is 16.9 Å². The van der Waals surface area contributed by atoms with Crippen LogP contribution in [0.2, 0.25) is 5.02 Å². The van der Waals surface area contributed by atoms with Gasteiger partial charge in [-0.05, 0) is 30.2 Å². The number of fused-ring (bicyclic) bond motifs is 1. The molecule has 1 N–H and O–H groups in total. The number of ether oxygens (including phenoxy) is 1. The smallest absolute Gasteiger partial charge is 0.244 e. The second-order valence-electron chi connectivity index (χ2n) is 7.75. The maximum atomic E-state index is 13.0. The quantitative estimate of drug-likeness (QED) is 0.548. The van der Waals surface area contributed by atoms with E-state index in [1.807, 2.05) is 24.3 Å². The molecule has 2 aliphatic rings. The van der Waals surface area contributed by atoms with E-state index in [9.17, 15) is 8.42 Å². The van der Waals surface area contributed by atoms with Gasteiger partial charge in [0.2, 0.25) is 10.0 Å². The van der Waals surface area contributed by atoms with Crippen LogP contribution in [0.25, 0.3) is 10.2 Å². The van der Waals surface area contributed by atoms with Crippen LogP contribution in [0.3, 0.4) is 0 Å². The van der Waals surface area contributed by atoms with Gasteiger partial charge < -0.3 is 9.64 Å². The van der Waals surface area contributed by atoms with E-state index in [-0.39, 0.29) is 16.0 Å². The molecule has 0 bridgehead atoms. The van der Waals surface area contributed by atoms with Gasteiger partial charge in [0.15, 0.2) is 5.13 Å². The van der Waals surface area contributed by atoms with Gasteiger partial charge in [0, 0.05) is 36.6 Å². The zero-order chi connectivity index (χ0) is 21.6. The summed E-state index contributed by atoms with van der Waals surface area (Å²) in [6.45, 7) is 1.67. The molecule has 31 heavy (non-hydrogen) atoms. The van der Waals surface area contributed by atoms with Crippen LogP contribution in [0.5, 0.6) is 5.75 Å². The Hall–Kier alpha value is -1.52. The molecule has 3 heterocycles. The second-order valence-corrected chi connectivity index (χ2v) is 11.9. The van der Waals surface area contributed by atoms with E-state index >= 15 is 0 Å². The van der Waals surface area contributed by atoms with E-state index in [1.54, 1.807) is 24.9 Å². The fourth-order valence-electron chi connectivity index (χ4n) is 4.10. The third kappa shape index (κ3) is 4.02. The van der Waals surface area contributed by atoms with Gasteiger partial charge in [-0.2, -0.15) is 11.8 Å². The molecule has 2 aliphatic heterocycles. The van der Waals surface area contributed by atoms with Gasteiger partial charge in [-0.15, -0.1) is 0 Å². The molecule has 0 spiro atoms. The first-order valence-corrected chi connectivity index (χ1v) is 13.9. The highest BCUT2D eigenvalue weighted by molar-refractivity contribution is 8.01. The molecule has 0 radical (unpaired) electrons. The maximum Gasteiger partial charge on any atom is 0.244 e. The summed E-state index contributed by atoms with van der Waals surface area (Å²) in [5.41, 5.74) is 1.65. The van der Waals surface area contributed by atoms with Crippen molar-refractivity contribution < 1.29 is 13.2 Å². The molecule has 10 heteroatoms. The molecule has 0 saturated carbocycles. The lowest BCUT2D eigenvalue weighted by atomic mass is 9.97. The van der Waals surface area contributed by atoms with Crippen LogP contribution in [0.1, 0.15) is 17.9 Å². The molecule has 3 aromatic rings. The van der Waals surface area contributed by atoms with Crippen LogP contribution in [0, 0.1) is 0 Å². The molecule has 164 valence electrons. The number of nitrogens with zero attached hydrogens (tertiary/aromatic N) is 2. The number of halogens is 1. The number of rotatable bonds is 6. The average molecular weight is 496 g/mol. The number of thiazole rings is 1. The fourth-order valence-corrected chi connectivity index (χ4v) is 7.94. The Labute approximate surface area is 195 Å². The fraction of sp³-hybridized carbons (Fsp3) is 0.381. The molecule has 2 aromatic carbocycles. The zero-order valence-corrected chi connectivity index (χ0v) is 20.1. The first kappa shape index (κ1) is 21.3. The van der Waals surface area contributed by atoms with Gasteiger partial charge in [0.05, 0.1) is 16.8 Å². The van der Waals surface area contributed by atoms with Gasteiger partial charge in [0.1, 0.15) is 16.2 Å². The highest BCUT2D eigenvalue weighted by Gasteiger charge is 2.32. The number of aromatic nitrogens is 1. The summed E-state index contributed by atoms with van der Waals surface area (Å²) >= 11 is 9.58. The third-order valence-corrected chi connectivity index (χ3v) is 10.1. The molecule has 2 saturated heterocycles. The van der Waals surface area contributed by atoms with Crippen LogP contribution in [-0.4, -0.2) is 51.1 Å². The summed E-state index contributed by atoms with van der Waals surface area (Å²) in [6, 6.07) is 11.6. The van der Waals surface area contributed by atoms with Crippen LogP contribution in [0.4, 0.5) is 5.13 Å². The highest BCUT2D eigenvalue weighted by atomic mass is 35.5. The number of sulfonamides is 1. The number of para-hydroxylation sites is 1. The number of thioether (sulfide) groups is 1. The average Bonchev–Trinajstić information content (AvgIpc) is 3.37. The largest absolute Gasteiger partial charge is 0.496 e. The van der Waals surface area contributed by atoms with Crippen molar-refractivity contribution in [2.45, 2.75) is 23.3 Å². The van der Waals surface area contributed by atoms with E-state index in [2.05, 4.69) is 15.7 Å². The second kappa shape index (κ2) is 8.44. The van der Waals surface area contributed by atoms with Crippen molar-refractivity contribution in [3.63, 3.8) is 0 Å². The molecule has 1 atom stereocenters. The Morgan fingerprint density at radius 1 is 1.23 bits per heavy atom. The Bertz CT molecular complexity index is 1230. The minimum absolute atomic E-state index is 0.0420. The third-order valence-electron chi connectivity index (χ3n) is 5.72. The van der Waals surface area contributed by atoms with E-state index in [0.29, 0.717) is 11.4 Å². The highest BCUT2D eigenvalue weighted by Crippen LogP contribution is 2.40. The molecular formula is C21H22ClN3O3S3. The monoisotopic (exact) mass is 495 g/mol. The topological polar surface area (TPSA) is 71.5 Å². The summed E-state index contributed by atoms with van der Waals surface area (Å²) in [5.74, 6) is 2.81. The zero-order valence-electron chi connectivity index (χ0n) is 16.9. The number of hydrogen-bond acceptors (Lipinski definition) is 7. The van der Waals surface area contributed by atoms with E-state index in [0.717, 1.165) is 46.6 Å². The minimum atomic E-state index is -3.74. The lowest BCUT2D eigenvalue weighted by molar-refractivity contribution is 0.406. The predicted octanol–water partition coefficient (Wildman–Crippen LogP) is 4.35. The van der Waals surface area contributed by atoms with Crippen LogP contribution < -0.4 is 14.4 Å². The maximum absolute atomic E-state index is 13.0. The number of nitrogens with one attached hydrogen (secondary N) is 1. The van der Waals surface area contributed by atoms with Crippen LogP contribution >= 0.6 is 34.7 Å². The number of methoxy groups -OCH3 is 1. The molecular weight excluding hydrogens is 474 g/mol. The SMILES string of the molecule is COc1ccccc1C1CCN(c2nc3c(S(=O)(=O)NC4CSC4)c(Cl)ccc3s2)C1. The van der Waals surface area contributed by atoms with Crippen LogP contribution in [-0.2, 0) is 10.0 Å². The van der Waals surface area contributed by atoms with Crippen molar-refractivity contribution in [1.29, 1.82) is 0 Å². The van der Waals surface area contributed by atoms with Gasteiger partial charge in [-0.1, -0.05) is 41.1 Å². The first-order valence-electron chi connectivity index (χ1n) is 10.0. The van der Waals surface area contributed by atoms with Crippen molar-refractivity contribution >= 4 is 60.1 Å². The number of hydrogen-bond donors (Lipinski definition) is 1. The van der Waals surface area contributed by atoms with Crippen molar-refractivity contribution in [2.24, 2.45) is 0 Å². The Morgan fingerprint density at radius 3 is 2.77 bits per heavy atom. The molecule has 0 aliphatic carbocycles. The van der Waals surface area contributed by atoms with Gasteiger partial charge in [-0.3, -0.25) is 0 Å². The lowest BCUT2D eigenvalue weighted by Crippen LogP contribution is -2.43. The summed E-state index contributed by atoms with van der Waals surface area (Å²) < 4.78 is 35.2. The van der Waals surface area contributed by atoms with E-state index < -0.39 is 10.0 Å². The van der Waals surface area contributed by atoms with Crippen molar-refractivity contribution in [1.82, 2.24) is 9.71 Å².